The highest BCUT2D eigenvalue weighted by molar-refractivity contribution is 5.88. The summed E-state index contributed by atoms with van der Waals surface area (Å²) in [6.45, 7) is 1.28. The summed E-state index contributed by atoms with van der Waals surface area (Å²) in [5.74, 6) is 0.146. The Morgan fingerprint density at radius 1 is 1.26 bits per heavy atom. The van der Waals surface area contributed by atoms with Gasteiger partial charge in [0.15, 0.2) is 5.82 Å². The van der Waals surface area contributed by atoms with Gasteiger partial charge in [-0.05, 0) is 12.8 Å². The van der Waals surface area contributed by atoms with E-state index in [0.717, 1.165) is 24.9 Å². The van der Waals surface area contributed by atoms with Crippen LogP contribution < -0.4 is 0 Å². The molecule has 1 aromatic heterocycles. The summed E-state index contributed by atoms with van der Waals surface area (Å²) in [7, 11) is 1.65. The van der Waals surface area contributed by atoms with Gasteiger partial charge in [-0.25, -0.2) is 14.8 Å². The van der Waals surface area contributed by atoms with Gasteiger partial charge in [0.1, 0.15) is 0 Å². The van der Waals surface area contributed by atoms with Crippen LogP contribution in [0, 0.1) is 0 Å². The molecular formula is C17H19N3O3. The summed E-state index contributed by atoms with van der Waals surface area (Å²) >= 11 is 0. The van der Waals surface area contributed by atoms with Gasteiger partial charge in [0.05, 0.1) is 18.2 Å². The summed E-state index contributed by atoms with van der Waals surface area (Å²) in [4.78, 5) is 26.1. The summed E-state index contributed by atoms with van der Waals surface area (Å²) < 4.78 is 5.15. The average molecular weight is 313 g/mol. The molecule has 1 saturated heterocycles. The first-order chi connectivity index (χ1) is 11.3. The summed E-state index contributed by atoms with van der Waals surface area (Å²) in [5.41, 5.74) is 1.25. The third-order valence-corrected chi connectivity index (χ3v) is 3.80. The molecule has 120 valence electrons. The van der Waals surface area contributed by atoms with Gasteiger partial charge in [-0.3, -0.25) is 0 Å². The first kappa shape index (κ1) is 15.6. The maximum Gasteiger partial charge on any atom is 0.360 e. The molecule has 1 atom stereocenters. The molecule has 1 aliphatic heterocycles. The maximum absolute atomic E-state index is 12.2. The van der Waals surface area contributed by atoms with Crippen molar-refractivity contribution in [1.82, 2.24) is 15.0 Å². The van der Waals surface area contributed by atoms with Crippen LogP contribution in [0.2, 0.25) is 0 Å². The lowest BCUT2D eigenvalue weighted by Gasteiger charge is -2.22. The highest BCUT2D eigenvalue weighted by Crippen LogP contribution is 2.19. The second kappa shape index (κ2) is 7.30. The van der Waals surface area contributed by atoms with Crippen molar-refractivity contribution in [1.29, 1.82) is 0 Å². The fourth-order valence-corrected chi connectivity index (χ4v) is 2.62. The number of benzene rings is 1. The van der Waals surface area contributed by atoms with Crippen LogP contribution >= 0.6 is 0 Å². The lowest BCUT2D eigenvalue weighted by atomic mass is 10.2. The van der Waals surface area contributed by atoms with Crippen molar-refractivity contribution in [3.63, 3.8) is 0 Å². The molecule has 6 nitrogen and oxygen atoms in total. The molecule has 2 aromatic rings. The van der Waals surface area contributed by atoms with Gasteiger partial charge in [-0.2, -0.15) is 0 Å². The van der Waals surface area contributed by atoms with Crippen molar-refractivity contribution in [3.05, 3.63) is 48.3 Å². The highest BCUT2D eigenvalue weighted by Gasteiger charge is 2.28. The van der Waals surface area contributed by atoms with E-state index in [-0.39, 0.29) is 6.04 Å². The number of methoxy groups -OCH3 is 1. The lowest BCUT2D eigenvalue weighted by Crippen LogP contribution is -2.35. The molecule has 0 N–H and O–H groups in total. The van der Waals surface area contributed by atoms with Gasteiger partial charge in [0.25, 0.3) is 0 Å². The third-order valence-electron chi connectivity index (χ3n) is 3.80. The van der Waals surface area contributed by atoms with Crippen LogP contribution in [-0.4, -0.2) is 47.3 Å². The molecular weight excluding hydrogens is 294 g/mol. The van der Waals surface area contributed by atoms with Crippen molar-refractivity contribution in [2.45, 2.75) is 18.9 Å². The summed E-state index contributed by atoms with van der Waals surface area (Å²) in [6, 6.07) is 9.74. The minimum Gasteiger partial charge on any atom is -0.383 e. The van der Waals surface area contributed by atoms with Crippen LogP contribution in [-0.2, 0) is 9.57 Å². The molecule has 0 radical (unpaired) electrons. The minimum absolute atomic E-state index is 0.119. The first-order valence-corrected chi connectivity index (χ1v) is 7.63. The Morgan fingerprint density at radius 2 is 2.00 bits per heavy atom. The van der Waals surface area contributed by atoms with Gasteiger partial charge in [-0.15, -0.1) is 5.06 Å². The number of ether oxygens (including phenoxy) is 1. The Bertz CT molecular complexity index is 646. The molecule has 2 heterocycles. The van der Waals surface area contributed by atoms with Crippen LogP contribution in [0.15, 0.2) is 42.7 Å². The Morgan fingerprint density at radius 3 is 2.70 bits per heavy atom. The molecule has 0 spiro atoms. The van der Waals surface area contributed by atoms with E-state index in [1.54, 1.807) is 12.2 Å². The van der Waals surface area contributed by atoms with Crippen LogP contribution in [0.25, 0.3) is 11.4 Å². The van der Waals surface area contributed by atoms with Crippen LogP contribution in [0.5, 0.6) is 0 Å². The maximum atomic E-state index is 12.2. The predicted molar refractivity (Wildman–Crippen MR) is 84.5 cm³/mol. The van der Waals surface area contributed by atoms with E-state index in [2.05, 4.69) is 9.97 Å². The molecule has 23 heavy (non-hydrogen) atoms. The van der Waals surface area contributed by atoms with E-state index >= 15 is 0 Å². The fourth-order valence-electron chi connectivity index (χ4n) is 2.62. The summed E-state index contributed by atoms with van der Waals surface area (Å²) in [5, 5.41) is 1.69. The van der Waals surface area contributed by atoms with E-state index in [1.807, 2.05) is 30.3 Å². The first-order valence-electron chi connectivity index (χ1n) is 7.63. The van der Waals surface area contributed by atoms with Crippen molar-refractivity contribution < 1.29 is 14.4 Å². The van der Waals surface area contributed by atoms with E-state index in [4.69, 9.17) is 9.57 Å². The van der Waals surface area contributed by atoms with Crippen molar-refractivity contribution >= 4 is 5.97 Å². The van der Waals surface area contributed by atoms with E-state index < -0.39 is 5.97 Å². The Hall–Kier alpha value is -2.31. The SMILES string of the molecule is COC[C@@H]1CCCN1OC(=O)c1cnc(-c2ccccc2)nc1. The molecule has 1 fully saturated rings. The molecule has 0 aliphatic carbocycles. The monoisotopic (exact) mass is 313 g/mol. The topological polar surface area (TPSA) is 64.6 Å². The van der Waals surface area contributed by atoms with Crippen molar-refractivity contribution in [2.24, 2.45) is 0 Å². The number of hydrogen-bond acceptors (Lipinski definition) is 6. The zero-order chi connectivity index (χ0) is 16.1. The van der Waals surface area contributed by atoms with Gasteiger partial charge in [0, 0.05) is 31.6 Å². The van der Waals surface area contributed by atoms with Gasteiger partial charge < -0.3 is 9.57 Å². The Labute approximate surface area is 135 Å². The molecule has 0 unspecified atom stereocenters. The standard InChI is InChI=1S/C17H19N3O3/c1-22-12-15-8-5-9-20(15)23-17(21)14-10-18-16(19-11-14)13-6-3-2-4-7-13/h2-4,6-7,10-11,15H,5,8-9,12H2,1H3/t15-/m0/s1. The number of hydrogen-bond donors (Lipinski definition) is 0. The zero-order valence-electron chi connectivity index (χ0n) is 13.0. The average Bonchev–Trinajstić information content (AvgIpc) is 3.03. The number of rotatable bonds is 5. The molecule has 0 amide bonds. The van der Waals surface area contributed by atoms with Gasteiger partial charge >= 0.3 is 5.97 Å². The number of aromatic nitrogens is 2. The number of carbonyl (C=O) groups is 1. The Balaban J connectivity index is 1.66. The number of nitrogens with zero attached hydrogens (tertiary/aromatic N) is 3. The Kier molecular flexibility index (Phi) is 4.95. The smallest absolute Gasteiger partial charge is 0.360 e. The van der Waals surface area contributed by atoms with Crippen molar-refractivity contribution in [3.8, 4) is 11.4 Å². The largest absolute Gasteiger partial charge is 0.383 e. The predicted octanol–water partition coefficient (Wildman–Crippen LogP) is 2.33. The van der Waals surface area contributed by atoms with Gasteiger partial charge in [-0.1, -0.05) is 30.3 Å². The van der Waals surface area contributed by atoms with Crippen LogP contribution in [0.3, 0.4) is 0 Å². The van der Waals surface area contributed by atoms with E-state index in [9.17, 15) is 4.79 Å². The van der Waals surface area contributed by atoms with E-state index in [1.165, 1.54) is 12.4 Å². The van der Waals surface area contributed by atoms with E-state index in [0.29, 0.717) is 18.0 Å². The molecule has 1 aromatic carbocycles. The molecule has 0 bridgehead atoms. The minimum atomic E-state index is -0.437. The second-order valence-corrected chi connectivity index (χ2v) is 5.43. The highest BCUT2D eigenvalue weighted by atomic mass is 16.7. The second-order valence-electron chi connectivity index (χ2n) is 5.43. The quantitative estimate of drug-likeness (QED) is 0.844. The normalized spacial score (nSPS) is 18.0. The molecule has 6 heteroatoms. The third kappa shape index (κ3) is 3.72. The molecule has 1 aliphatic rings. The van der Waals surface area contributed by atoms with Gasteiger partial charge in [0.2, 0.25) is 0 Å². The fraction of sp³-hybridized carbons (Fsp3) is 0.353. The molecule has 3 rings (SSSR count). The van der Waals surface area contributed by atoms with Crippen molar-refractivity contribution in [2.75, 3.05) is 20.3 Å². The lowest BCUT2D eigenvalue weighted by molar-refractivity contribution is -0.129. The van der Waals surface area contributed by atoms with Crippen LogP contribution in [0.1, 0.15) is 23.2 Å². The summed E-state index contributed by atoms with van der Waals surface area (Å²) in [6.07, 6.45) is 4.95. The van der Waals surface area contributed by atoms with Crippen LogP contribution in [0.4, 0.5) is 0 Å². The zero-order valence-corrected chi connectivity index (χ0v) is 13.0. The number of hydroxylamine groups is 2. The number of carbonyl (C=O) groups excluding carboxylic acids is 1. The molecule has 0 saturated carbocycles.